The Bertz CT molecular complexity index is 5570. The first-order chi connectivity index (χ1) is 44.6. The molecule has 4 aliphatic rings. The van der Waals surface area contributed by atoms with Crippen molar-refractivity contribution >= 4 is 122 Å². The van der Waals surface area contributed by atoms with Crippen LogP contribution in [0.3, 0.4) is 0 Å². The zero-order valence-corrected chi connectivity index (χ0v) is 48.9. The zero-order valence-electron chi connectivity index (χ0n) is 48.9. The van der Waals surface area contributed by atoms with Gasteiger partial charge in [-0.2, -0.15) is 0 Å². The molecule has 17 aromatic carbocycles. The average Bonchev–Trinajstić information content (AvgIpc) is 1.16. The van der Waals surface area contributed by atoms with Crippen molar-refractivity contribution in [2.75, 3.05) is 9.80 Å². The van der Waals surface area contributed by atoms with E-state index in [-0.39, 0.29) is 6.71 Å². The highest BCUT2D eigenvalue weighted by atomic mass is 15.2. The maximum absolute atomic E-state index is 2.64. The first-order valence-corrected chi connectivity index (χ1v) is 31.6. The Morgan fingerprint density at radius 3 is 1.06 bits per heavy atom. The topological polar surface area (TPSA) is 6.48 Å². The highest BCUT2D eigenvalue weighted by Gasteiger charge is 2.52. The normalized spacial score (nSPS) is 13.8. The van der Waals surface area contributed by atoms with Crippen LogP contribution in [0.15, 0.2) is 309 Å². The van der Waals surface area contributed by atoms with Crippen molar-refractivity contribution in [3.05, 3.63) is 332 Å². The molecule has 2 aliphatic heterocycles. The van der Waals surface area contributed by atoms with Gasteiger partial charge >= 0.3 is 0 Å². The third-order valence-electron chi connectivity index (χ3n) is 21.1. The minimum absolute atomic E-state index is 0.169. The van der Waals surface area contributed by atoms with Gasteiger partial charge in [0.25, 0.3) is 6.71 Å². The van der Waals surface area contributed by atoms with Crippen LogP contribution in [0, 0.1) is 0 Å². The molecule has 0 N–H and O–H groups in total. The fourth-order valence-electron chi connectivity index (χ4n) is 17.5. The molecule has 0 atom stereocenters. The van der Waals surface area contributed by atoms with Gasteiger partial charge in [0, 0.05) is 34.1 Å². The standard InChI is InChI=1S/C87H51BN2/c1-3-15-52(16-4-1)54-33-40-64(41-34-54)89-76-48-61-31-29-56-19-13-21-58-37-44-69(82(61)80(56)58)84(76)88-85-70-45-38-59-22-14-20-57-30-32-62(83(70)81(57)59)49-77(85)90(65-42-35-55(36-43-65)53-17-5-2-6-18-53)79-51-63(50-78(89)86(79)88)60-39-46-75-71(47-60)68-25-9-12-28-74(68)87(75)72-26-10-7-23-66(72)67-24-8-11-27-73(67)87/h1-51H. The van der Waals surface area contributed by atoms with Crippen LogP contribution in [-0.4, -0.2) is 6.71 Å². The zero-order chi connectivity index (χ0) is 58.5. The average molecular weight is 1140 g/mol. The van der Waals surface area contributed by atoms with Crippen molar-refractivity contribution in [3.63, 3.8) is 0 Å². The summed E-state index contributed by atoms with van der Waals surface area (Å²) in [5.74, 6) is 0. The Morgan fingerprint density at radius 2 is 0.589 bits per heavy atom. The van der Waals surface area contributed by atoms with Gasteiger partial charge in [-0.1, -0.05) is 255 Å². The van der Waals surface area contributed by atoms with Gasteiger partial charge in [0.05, 0.1) is 5.41 Å². The summed E-state index contributed by atoms with van der Waals surface area (Å²) in [6.07, 6.45) is 0. The lowest BCUT2D eigenvalue weighted by Crippen LogP contribution is -2.61. The SMILES string of the molecule is c1ccc(-c2ccc(N3c4cc(-c5ccc6c(c5)-c5ccccc5C65c6ccccc6-c6ccccc65)cc5c4B(c4c3cc3ccc6cccc7ccc4c3c67)c3c(cc4ccc6cccc7ccc3c4c67)N5c3ccc(-c4ccccc4)cc3)cc2)cc1. The summed E-state index contributed by atoms with van der Waals surface area (Å²) in [6.45, 7) is -0.169. The lowest BCUT2D eigenvalue weighted by Gasteiger charge is -2.45. The third-order valence-corrected chi connectivity index (χ3v) is 21.1. The minimum atomic E-state index is -0.446. The molecule has 0 saturated carbocycles. The minimum Gasteiger partial charge on any atom is -0.311 e. The molecule has 2 aliphatic carbocycles. The Morgan fingerprint density at radius 1 is 0.222 bits per heavy atom. The van der Waals surface area contributed by atoms with Gasteiger partial charge < -0.3 is 9.80 Å². The first kappa shape index (κ1) is 48.6. The molecule has 1 spiro atoms. The third kappa shape index (κ3) is 6.33. The molecule has 2 nitrogen and oxygen atoms in total. The van der Waals surface area contributed by atoms with Crippen LogP contribution < -0.4 is 26.2 Å². The van der Waals surface area contributed by atoms with Crippen molar-refractivity contribution in [2.24, 2.45) is 0 Å². The van der Waals surface area contributed by atoms with Gasteiger partial charge in [0.1, 0.15) is 0 Å². The van der Waals surface area contributed by atoms with Gasteiger partial charge in [-0.3, -0.25) is 0 Å². The van der Waals surface area contributed by atoms with Gasteiger partial charge in [0.15, 0.2) is 0 Å². The second-order valence-corrected chi connectivity index (χ2v) is 25.3. The largest absolute Gasteiger partial charge is 0.311 e. The number of nitrogens with zero attached hydrogens (tertiary/aromatic N) is 2. The second-order valence-electron chi connectivity index (χ2n) is 25.3. The lowest BCUT2D eigenvalue weighted by atomic mass is 9.32. The molecule has 0 bridgehead atoms. The van der Waals surface area contributed by atoms with Crippen molar-refractivity contribution in [1.29, 1.82) is 0 Å². The molecule has 90 heavy (non-hydrogen) atoms. The highest BCUT2D eigenvalue weighted by molar-refractivity contribution is 7.03. The fraction of sp³-hybridized carbons (Fsp3) is 0.0115. The van der Waals surface area contributed by atoms with E-state index in [4.69, 9.17) is 0 Å². The summed E-state index contributed by atoms with van der Waals surface area (Å²) in [6, 6.07) is 118. The molecular formula is C87H51BN2. The van der Waals surface area contributed by atoms with Crippen LogP contribution in [-0.2, 0) is 5.41 Å². The van der Waals surface area contributed by atoms with Gasteiger partial charge in [-0.25, -0.2) is 0 Å². The number of rotatable bonds is 5. The summed E-state index contributed by atoms with van der Waals surface area (Å²) >= 11 is 0. The summed E-state index contributed by atoms with van der Waals surface area (Å²) in [7, 11) is 0. The van der Waals surface area contributed by atoms with Crippen molar-refractivity contribution in [3.8, 4) is 55.6 Å². The van der Waals surface area contributed by atoms with Crippen LogP contribution >= 0.6 is 0 Å². The van der Waals surface area contributed by atoms with Crippen LogP contribution in [0.4, 0.5) is 34.1 Å². The van der Waals surface area contributed by atoms with E-state index in [2.05, 4.69) is 319 Å². The lowest BCUT2D eigenvalue weighted by molar-refractivity contribution is 0.794. The predicted molar refractivity (Wildman–Crippen MR) is 380 cm³/mol. The molecule has 17 aromatic rings. The molecular weight excluding hydrogens is 1080 g/mol. The molecule has 0 aromatic heterocycles. The summed E-state index contributed by atoms with van der Waals surface area (Å²) in [5.41, 5.74) is 28.2. The Labute approximate surface area is 521 Å². The van der Waals surface area contributed by atoms with E-state index in [0.29, 0.717) is 0 Å². The molecule has 412 valence electrons. The number of benzene rings is 17. The van der Waals surface area contributed by atoms with Gasteiger partial charge in [-0.15, -0.1) is 0 Å². The van der Waals surface area contributed by atoms with Crippen LogP contribution in [0.1, 0.15) is 22.3 Å². The Hall–Kier alpha value is -11.5. The maximum Gasteiger partial charge on any atom is 0.253 e. The van der Waals surface area contributed by atoms with Gasteiger partial charge in [-0.05, 0) is 214 Å². The quantitative estimate of drug-likeness (QED) is 0.125. The molecule has 21 rings (SSSR count). The van der Waals surface area contributed by atoms with E-state index in [1.54, 1.807) is 0 Å². The van der Waals surface area contributed by atoms with Gasteiger partial charge in [0.2, 0.25) is 0 Å². The summed E-state index contributed by atoms with van der Waals surface area (Å²) < 4.78 is 0. The van der Waals surface area contributed by atoms with E-state index in [1.165, 1.54) is 176 Å². The number of anilines is 6. The smallest absolute Gasteiger partial charge is 0.253 e. The summed E-state index contributed by atoms with van der Waals surface area (Å²) in [5, 5.41) is 15.4. The number of hydrogen-bond donors (Lipinski definition) is 0. The second kappa shape index (κ2) is 17.8. The molecule has 0 fully saturated rings. The van der Waals surface area contributed by atoms with E-state index in [9.17, 15) is 0 Å². The van der Waals surface area contributed by atoms with Crippen molar-refractivity contribution < 1.29 is 0 Å². The molecule has 2 heterocycles. The van der Waals surface area contributed by atoms with E-state index < -0.39 is 5.41 Å². The predicted octanol–water partition coefficient (Wildman–Crippen LogP) is 20.9. The van der Waals surface area contributed by atoms with E-state index in [0.717, 1.165) is 16.9 Å². The Balaban J connectivity index is 0.897. The number of hydrogen-bond acceptors (Lipinski definition) is 2. The Kier molecular flexibility index (Phi) is 9.62. The monoisotopic (exact) mass is 1130 g/mol. The molecule has 0 saturated heterocycles. The van der Waals surface area contributed by atoms with Crippen molar-refractivity contribution in [2.45, 2.75) is 5.41 Å². The first-order valence-electron chi connectivity index (χ1n) is 31.6. The van der Waals surface area contributed by atoms with Crippen molar-refractivity contribution in [1.82, 2.24) is 0 Å². The summed E-state index contributed by atoms with van der Waals surface area (Å²) in [4.78, 5) is 5.28. The van der Waals surface area contributed by atoms with E-state index in [1.807, 2.05) is 0 Å². The van der Waals surface area contributed by atoms with Crippen LogP contribution in [0.2, 0.25) is 0 Å². The van der Waals surface area contributed by atoms with E-state index >= 15 is 0 Å². The highest BCUT2D eigenvalue weighted by Crippen LogP contribution is 2.63. The fourth-order valence-corrected chi connectivity index (χ4v) is 17.5. The number of fused-ring (bicyclic) bond motifs is 16. The van der Waals surface area contributed by atoms with Crippen LogP contribution in [0.25, 0.3) is 120 Å². The molecule has 0 unspecified atom stereocenters. The molecule has 3 heteroatoms. The molecule has 0 amide bonds. The maximum atomic E-state index is 2.64. The van der Waals surface area contributed by atoms with Crippen LogP contribution in [0.5, 0.6) is 0 Å². The molecule has 0 radical (unpaired) electrons.